The smallest absolute Gasteiger partial charge is 0.349 e. The molecule has 0 unspecified atom stereocenters. The maximum atomic E-state index is 14.0. The van der Waals surface area contributed by atoms with Gasteiger partial charge in [0.25, 0.3) is 0 Å². The second kappa shape index (κ2) is 11.0. The maximum absolute atomic E-state index is 14.0. The summed E-state index contributed by atoms with van der Waals surface area (Å²) < 4.78 is 42.7. The van der Waals surface area contributed by atoms with Gasteiger partial charge in [0.1, 0.15) is 6.10 Å². The Morgan fingerprint density at radius 1 is 1.12 bits per heavy atom. The largest absolute Gasteiger partial charge is 0.465 e. The lowest BCUT2D eigenvalue weighted by atomic mass is 10.2. The summed E-state index contributed by atoms with van der Waals surface area (Å²) in [7, 11) is -3.86. The van der Waals surface area contributed by atoms with Gasteiger partial charge in [-0.05, 0) is 24.5 Å². The van der Waals surface area contributed by atoms with Gasteiger partial charge in [-0.1, -0.05) is 66.7 Å². The Kier molecular flexibility index (Phi) is 8.02. The summed E-state index contributed by atoms with van der Waals surface area (Å²) in [6.07, 6.45) is 0.682. The minimum atomic E-state index is -3.86. The predicted molar refractivity (Wildman–Crippen MR) is 127 cm³/mol. The molecular weight excluding hydrogens is 455 g/mol. The minimum absolute atomic E-state index is 0.129. The summed E-state index contributed by atoms with van der Waals surface area (Å²) in [5, 5.41) is -1.29. The lowest BCUT2D eigenvalue weighted by Gasteiger charge is -2.26. The van der Waals surface area contributed by atoms with Crippen LogP contribution in [-0.4, -0.2) is 43.2 Å². The molecule has 0 aromatic heterocycles. The first-order valence-corrected chi connectivity index (χ1v) is 13.1. The van der Waals surface area contributed by atoms with Gasteiger partial charge in [-0.2, -0.15) is 0 Å². The Bertz CT molecular complexity index is 1010. The molecule has 34 heavy (non-hydrogen) atoms. The van der Waals surface area contributed by atoms with Gasteiger partial charge < -0.3 is 18.7 Å². The number of benzene rings is 2. The van der Waals surface area contributed by atoms with E-state index >= 15 is 0 Å². The third-order valence-electron chi connectivity index (χ3n) is 6.15. The van der Waals surface area contributed by atoms with Gasteiger partial charge in [0.2, 0.25) is 0 Å². The van der Waals surface area contributed by atoms with Crippen LogP contribution in [0.5, 0.6) is 0 Å². The number of carbonyl (C=O) groups excluding carboxylic acids is 1. The van der Waals surface area contributed by atoms with Gasteiger partial charge in [0.05, 0.1) is 39.1 Å². The topological polar surface area (TPSA) is 80.3 Å². The van der Waals surface area contributed by atoms with Crippen LogP contribution in [0.1, 0.15) is 24.5 Å². The minimum Gasteiger partial charge on any atom is -0.465 e. The summed E-state index contributed by atoms with van der Waals surface area (Å²) in [6.45, 7) is 6.80. The van der Waals surface area contributed by atoms with Gasteiger partial charge >= 0.3 is 13.6 Å². The van der Waals surface area contributed by atoms with Gasteiger partial charge in [-0.25, -0.2) is 0 Å². The SMILES string of the molecule is C=C[C@@H](COCc1ccccc1)O[P@]1(=O)O[C@H](COCc2ccccc2)[C@@H]2C[C@@]21C(=O)OCC. The number of ether oxygens (including phenoxy) is 3. The van der Waals surface area contributed by atoms with Crippen molar-refractivity contribution in [2.24, 2.45) is 5.92 Å². The molecule has 2 aromatic carbocycles. The number of esters is 1. The van der Waals surface area contributed by atoms with Crippen LogP contribution in [-0.2, 0) is 45.8 Å². The van der Waals surface area contributed by atoms with E-state index in [9.17, 15) is 9.36 Å². The van der Waals surface area contributed by atoms with Crippen molar-refractivity contribution >= 4 is 13.6 Å². The summed E-state index contributed by atoms with van der Waals surface area (Å²) >= 11 is 0. The van der Waals surface area contributed by atoms with E-state index in [1.165, 1.54) is 6.08 Å². The summed E-state index contributed by atoms with van der Waals surface area (Å²) in [4.78, 5) is 12.9. The van der Waals surface area contributed by atoms with Crippen LogP contribution >= 0.6 is 7.60 Å². The van der Waals surface area contributed by atoms with E-state index in [1.807, 2.05) is 60.7 Å². The molecule has 4 rings (SSSR count). The van der Waals surface area contributed by atoms with Crippen LogP contribution in [0.3, 0.4) is 0 Å². The first kappa shape index (κ1) is 24.8. The lowest BCUT2D eigenvalue weighted by molar-refractivity contribution is -0.144. The number of hydrogen-bond acceptors (Lipinski definition) is 7. The Balaban J connectivity index is 1.40. The molecule has 7 nitrogen and oxygen atoms in total. The monoisotopic (exact) mass is 486 g/mol. The molecule has 2 aliphatic rings. The van der Waals surface area contributed by atoms with Crippen molar-refractivity contribution in [1.82, 2.24) is 0 Å². The first-order valence-electron chi connectivity index (χ1n) is 11.5. The Morgan fingerprint density at radius 2 is 1.74 bits per heavy atom. The van der Waals surface area contributed by atoms with Crippen LogP contribution in [0.2, 0.25) is 0 Å². The summed E-state index contributed by atoms with van der Waals surface area (Å²) in [5.74, 6) is -0.814. The second-order valence-corrected chi connectivity index (χ2v) is 10.7. The van der Waals surface area contributed by atoms with Gasteiger partial charge in [0.15, 0.2) is 5.16 Å². The molecule has 1 aliphatic carbocycles. The molecule has 2 aromatic rings. The van der Waals surface area contributed by atoms with Crippen LogP contribution in [0.25, 0.3) is 0 Å². The molecule has 1 aliphatic heterocycles. The average molecular weight is 487 g/mol. The number of fused-ring (bicyclic) bond motifs is 1. The average Bonchev–Trinajstić information content (AvgIpc) is 3.57. The van der Waals surface area contributed by atoms with Crippen LogP contribution in [0.15, 0.2) is 73.3 Å². The van der Waals surface area contributed by atoms with Crippen molar-refractivity contribution in [2.45, 2.75) is 43.9 Å². The molecule has 2 fully saturated rings. The third-order valence-corrected chi connectivity index (χ3v) is 8.92. The zero-order valence-electron chi connectivity index (χ0n) is 19.3. The molecule has 8 heteroatoms. The number of carbonyl (C=O) groups is 1. The van der Waals surface area contributed by atoms with E-state index in [4.69, 9.17) is 23.3 Å². The van der Waals surface area contributed by atoms with E-state index < -0.39 is 30.9 Å². The normalized spacial score (nSPS) is 28.1. The quantitative estimate of drug-likeness (QED) is 0.226. The molecule has 5 atom stereocenters. The fourth-order valence-corrected chi connectivity index (χ4v) is 7.07. The standard InChI is InChI=1S/C26H31O7P/c1-3-22(18-29-16-20-11-7-5-8-12-20)32-34(28)26(25(27)31-4-2)15-23(26)24(33-34)19-30-17-21-13-9-6-10-14-21/h3,5-14,22-24H,1,4,15-19H2,2H3/t22-,23-,24+,26-,34-/m0/s1. The van der Waals surface area contributed by atoms with E-state index in [0.717, 1.165) is 11.1 Å². The molecule has 182 valence electrons. The van der Waals surface area contributed by atoms with Crippen molar-refractivity contribution in [2.75, 3.05) is 19.8 Å². The highest BCUT2D eigenvalue weighted by molar-refractivity contribution is 7.57. The number of rotatable bonds is 13. The molecule has 0 spiro atoms. The summed E-state index contributed by atoms with van der Waals surface area (Å²) in [6, 6.07) is 19.5. The first-order chi connectivity index (χ1) is 16.5. The lowest BCUT2D eigenvalue weighted by Crippen LogP contribution is -2.29. The Hall–Kier alpha value is -2.28. The van der Waals surface area contributed by atoms with Crippen molar-refractivity contribution in [1.29, 1.82) is 0 Å². The third kappa shape index (κ3) is 5.19. The fourth-order valence-electron chi connectivity index (χ4n) is 4.30. The molecule has 0 bridgehead atoms. The van der Waals surface area contributed by atoms with Crippen molar-refractivity contribution in [3.8, 4) is 0 Å². The summed E-state index contributed by atoms with van der Waals surface area (Å²) in [5.41, 5.74) is 2.03. The molecule has 0 N–H and O–H groups in total. The van der Waals surface area contributed by atoms with Crippen molar-refractivity contribution < 1.29 is 32.6 Å². The van der Waals surface area contributed by atoms with Gasteiger partial charge in [-0.15, -0.1) is 6.58 Å². The highest BCUT2D eigenvalue weighted by Crippen LogP contribution is 2.81. The molecular formula is C26H31O7P. The maximum Gasteiger partial charge on any atom is 0.349 e. The highest BCUT2D eigenvalue weighted by atomic mass is 31.2. The highest BCUT2D eigenvalue weighted by Gasteiger charge is 2.81. The van der Waals surface area contributed by atoms with E-state index in [2.05, 4.69) is 6.58 Å². The fraction of sp³-hybridized carbons (Fsp3) is 0.423. The zero-order chi connectivity index (χ0) is 24.0. The van der Waals surface area contributed by atoms with Crippen molar-refractivity contribution in [3.63, 3.8) is 0 Å². The molecule has 0 radical (unpaired) electrons. The van der Waals surface area contributed by atoms with Crippen LogP contribution in [0, 0.1) is 5.92 Å². The van der Waals surface area contributed by atoms with Crippen LogP contribution in [0.4, 0.5) is 0 Å². The second-order valence-electron chi connectivity index (χ2n) is 8.48. The van der Waals surface area contributed by atoms with E-state index in [-0.39, 0.29) is 25.7 Å². The van der Waals surface area contributed by atoms with Crippen molar-refractivity contribution in [3.05, 3.63) is 84.4 Å². The van der Waals surface area contributed by atoms with Gasteiger partial charge in [0, 0.05) is 5.92 Å². The zero-order valence-corrected chi connectivity index (χ0v) is 20.2. The molecule has 1 heterocycles. The molecule has 0 amide bonds. The van der Waals surface area contributed by atoms with E-state index in [1.54, 1.807) is 6.92 Å². The number of hydrogen-bond donors (Lipinski definition) is 0. The van der Waals surface area contributed by atoms with Gasteiger partial charge in [-0.3, -0.25) is 13.9 Å². The van der Waals surface area contributed by atoms with Crippen LogP contribution < -0.4 is 0 Å². The molecule has 1 saturated carbocycles. The predicted octanol–water partition coefficient (Wildman–Crippen LogP) is 4.90. The molecule has 1 saturated heterocycles. The Labute approximate surface area is 200 Å². The Morgan fingerprint density at radius 3 is 2.32 bits per heavy atom. The van der Waals surface area contributed by atoms with E-state index in [0.29, 0.717) is 19.6 Å².